The number of aromatic nitrogens is 1. The molecule has 1 unspecified atom stereocenters. The fourth-order valence-corrected chi connectivity index (χ4v) is 7.85. The molecule has 3 fully saturated rings. The summed E-state index contributed by atoms with van der Waals surface area (Å²) in [4.78, 5) is 60.5. The molecule has 2 N–H and O–H groups in total. The monoisotopic (exact) mass is 709 g/mol. The number of hydrogen-bond acceptors (Lipinski definition) is 10. The van der Waals surface area contributed by atoms with E-state index in [2.05, 4.69) is 37.6 Å². The van der Waals surface area contributed by atoms with Gasteiger partial charge in [0.05, 0.1) is 32.9 Å². The van der Waals surface area contributed by atoms with Gasteiger partial charge in [-0.15, -0.1) is 0 Å². The summed E-state index contributed by atoms with van der Waals surface area (Å²) in [6.45, 7) is 6.03. The quantitative estimate of drug-likeness (QED) is 0.305. The SMILES string of the molecule is COc1cc(-c2cn(C)c(=O)c3c2C=NC3)cc(OC)c1CN1CCN(C(=O)CN2CCC(c3ccc(NC4CCC(=O)NC4=O)cc3)CC2)CC1. The third-order valence-electron chi connectivity index (χ3n) is 10.9. The minimum absolute atomic E-state index is 0.0312. The summed E-state index contributed by atoms with van der Waals surface area (Å²) < 4.78 is 13.4. The molecular weight excluding hydrogens is 662 g/mol. The van der Waals surface area contributed by atoms with Gasteiger partial charge >= 0.3 is 0 Å². The van der Waals surface area contributed by atoms with Crippen LogP contribution in [0.4, 0.5) is 5.69 Å². The third-order valence-corrected chi connectivity index (χ3v) is 10.9. The van der Waals surface area contributed by atoms with Crippen LogP contribution in [0.2, 0.25) is 0 Å². The fraction of sp³-hybridized carbons (Fsp3) is 0.462. The first-order chi connectivity index (χ1) is 25.2. The number of carbonyl (C=O) groups is 3. The number of ether oxygens (including phenoxy) is 2. The van der Waals surface area contributed by atoms with Gasteiger partial charge in [0.2, 0.25) is 17.7 Å². The lowest BCUT2D eigenvalue weighted by Gasteiger charge is -2.37. The van der Waals surface area contributed by atoms with E-state index in [1.807, 2.05) is 35.4 Å². The first-order valence-electron chi connectivity index (χ1n) is 18.1. The Balaban J connectivity index is 0.897. The number of aryl methyl sites for hydroxylation is 1. The van der Waals surface area contributed by atoms with Gasteiger partial charge in [-0.1, -0.05) is 12.1 Å². The molecule has 0 radical (unpaired) electrons. The van der Waals surface area contributed by atoms with E-state index in [1.165, 1.54) is 5.56 Å². The number of nitrogens with zero attached hydrogens (tertiary/aromatic N) is 5. The van der Waals surface area contributed by atoms with E-state index in [1.54, 1.807) is 32.0 Å². The van der Waals surface area contributed by atoms with E-state index >= 15 is 0 Å². The number of benzene rings is 2. The Labute approximate surface area is 303 Å². The zero-order valence-corrected chi connectivity index (χ0v) is 30.2. The normalized spacial score (nSPS) is 19.8. The maximum atomic E-state index is 13.4. The highest BCUT2D eigenvalue weighted by atomic mass is 16.5. The number of likely N-dealkylation sites (tertiary alicyclic amines) is 1. The minimum Gasteiger partial charge on any atom is -0.496 e. The molecule has 52 heavy (non-hydrogen) atoms. The summed E-state index contributed by atoms with van der Waals surface area (Å²) in [6, 6.07) is 11.9. The lowest BCUT2D eigenvalue weighted by Crippen LogP contribution is -2.51. The van der Waals surface area contributed by atoms with Crippen LogP contribution in [0.3, 0.4) is 0 Å². The molecule has 4 aliphatic heterocycles. The van der Waals surface area contributed by atoms with Crippen LogP contribution < -0.4 is 25.7 Å². The molecule has 3 amide bonds. The number of hydrogen-bond donors (Lipinski definition) is 2. The van der Waals surface area contributed by atoms with Crippen LogP contribution in [0.15, 0.2) is 52.4 Å². The lowest BCUT2D eigenvalue weighted by molar-refractivity contribution is -0.135. The zero-order valence-electron chi connectivity index (χ0n) is 30.2. The van der Waals surface area contributed by atoms with Gasteiger partial charge in [0.25, 0.3) is 5.56 Å². The Hall–Kier alpha value is -5.01. The number of imide groups is 1. The molecule has 1 atom stereocenters. The largest absolute Gasteiger partial charge is 0.496 e. The number of aliphatic imine (C=N–C) groups is 1. The first kappa shape index (κ1) is 35.4. The average Bonchev–Trinajstić information content (AvgIpc) is 3.66. The van der Waals surface area contributed by atoms with Gasteiger partial charge in [0.1, 0.15) is 17.5 Å². The second-order valence-corrected chi connectivity index (χ2v) is 14.2. The van der Waals surface area contributed by atoms with Crippen LogP contribution in [0.5, 0.6) is 11.5 Å². The van der Waals surface area contributed by atoms with Gasteiger partial charge in [-0.3, -0.25) is 39.3 Å². The molecule has 5 heterocycles. The number of pyridine rings is 1. The predicted octanol–water partition coefficient (Wildman–Crippen LogP) is 2.74. The highest BCUT2D eigenvalue weighted by Gasteiger charge is 2.29. The number of carbonyl (C=O) groups excluding carboxylic acids is 3. The molecular formula is C39H47N7O6. The van der Waals surface area contributed by atoms with Crippen molar-refractivity contribution in [3.8, 4) is 22.6 Å². The van der Waals surface area contributed by atoms with Crippen LogP contribution in [-0.4, -0.2) is 109 Å². The first-order valence-corrected chi connectivity index (χ1v) is 18.1. The van der Waals surface area contributed by atoms with Crippen molar-refractivity contribution >= 4 is 29.6 Å². The standard InChI is InChI=1S/C39H47N7O6/c1-43-22-31(29-20-40-21-30(29)39(43)50)27-18-34(51-2)32(35(19-27)52-3)23-45-14-16-46(17-15-45)37(48)24-44-12-10-26(11-13-44)25-4-6-28(7-5-25)41-33-8-9-36(47)42-38(33)49/h4-7,18-20,22,26,33,41H,8-17,21,23-24H2,1-3H3,(H,42,47,49). The van der Waals surface area contributed by atoms with E-state index in [4.69, 9.17) is 9.47 Å². The van der Waals surface area contributed by atoms with Crippen molar-refractivity contribution in [3.63, 3.8) is 0 Å². The van der Waals surface area contributed by atoms with Gasteiger partial charge in [-0.25, -0.2) is 0 Å². The van der Waals surface area contributed by atoms with Crippen LogP contribution >= 0.6 is 0 Å². The van der Waals surface area contributed by atoms with E-state index in [0.717, 1.165) is 67.0 Å². The van der Waals surface area contributed by atoms with Gasteiger partial charge in [0.15, 0.2) is 0 Å². The van der Waals surface area contributed by atoms with Crippen LogP contribution in [0.25, 0.3) is 11.1 Å². The van der Waals surface area contributed by atoms with E-state index in [9.17, 15) is 19.2 Å². The molecule has 13 heteroatoms. The predicted molar refractivity (Wildman–Crippen MR) is 198 cm³/mol. The number of rotatable bonds is 10. The fourth-order valence-electron chi connectivity index (χ4n) is 7.85. The second kappa shape index (κ2) is 15.3. The van der Waals surface area contributed by atoms with Gasteiger partial charge in [-0.05, 0) is 73.7 Å². The molecule has 7 rings (SSSR count). The highest BCUT2D eigenvalue weighted by Crippen LogP contribution is 2.38. The molecule has 13 nitrogen and oxygen atoms in total. The topological polar surface area (TPSA) is 138 Å². The van der Waals surface area contributed by atoms with Crippen molar-refractivity contribution in [1.29, 1.82) is 0 Å². The van der Waals surface area contributed by atoms with Crippen molar-refractivity contribution in [2.24, 2.45) is 12.0 Å². The zero-order chi connectivity index (χ0) is 36.4. The Morgan fingerprint density at radius 1 is 0.923 bits per heavy atom. The van der Waals surface area contributed by atoms with Crippen molar-refractivity contribution in [3.05, 3.63) is 75.2 Å². The molecule has 0 spiro atoms. The molecule has 0 saturated carbocycles. The van der Waals surface area contributed by atoms with E-state index in [0.29, 0.717) is 68.5 Å². The van der Waals surface area contributed by atoms with Crippen molar-refractivity contribution in [2.75, 3.05) is 65.3 Å². The lowest BCUT2D eigenvalue weighted by atomic mass is 9.89. The summed E-state index contributed by atoms with van der Waals surface area (Å²) >= 11 is 0. The summed E-state index contributed by atoms with van der Waals surface area (Å²) in [6.07, 6.45) is 6.44. The smallest absolute Gasteiger partial charge is 0.256 e. The highest BCUT2D eigenvalue weighted by molar-refractivity contribution is 6.01. The molecule has 0 aliphatic carbocycles. The molecule has 0 bridgehead atoms. The maximum absolute atomic E-state index is 13.4. The Kier molecular flexibility index (Phi) is 10.4. The maximum Gasteiger partial charge on any atom is 0.256 e. The van der Waals surface area contributed by atoms with Crippen molar-refractivity contribution in [1.82, 2.24) is 24.6 Å². The van der Waals surface area contributed by atoms with Crippen molar-refractivity contribution in [2.45, 2.75) is 50.7 Å². The van der Waals surface area contributed by atoms with Crippen LogP contribution in [-0.2, 0) is 34.5 Å². The Morgan fingerprint density at radius 2 is 1.62 bits per heavy atom. The van der Waals surface area contributed by atoms with Gasteiger partial charge < -0.3 is 24.3 Å². The van der Waals surface area contributed by atoms with E-state index in [-0.39, 0.29) is 23.3 Å². The number of piperidine rings is 2. The van der Waals surface area contributed by atoms with Crippen LogP contribution in [0.1, 0.15) is 53.9 Å². The number of fused-ring (bicyclic) bond motifs is 1. The molecule has 1 aromatic heterocycles. The number of nitrogens with one attached hydrogen (secondary N) is 2. The van der Waals surface area contributed by atoms with Crippen LogP contribution in [0, 0.1) is 0 Å². The summed E-state index contributed by atoms with van der Waals surface area (Å²) in [7, 11) is 5.08. The molecule has 2 aromatic carbocycles. The number of anilines is 1. The van der Waals surface area contributed by atoms with Gasteiger partial charge in [-0.2, -0.15) is 0 Å². The molecule has 4 aliphatic rings. The average molecular weight is 710 g/mol. The molecule has 3 aromatic rings. The molecule has 274 valence electrons. The van der Waals surface area contributed by atoms with Crippen molar-refractivity contribution < 1.29 is 23.9 Å². The Bertz CT molecular complexity index is 1900. The molecule has 3 saturated heterocycles. The summed E-state index contributed by atoms with van der Waals surface area (Å²) in [5.74, 6) is 1.55. The number of amides is 3. The Morgan fingerprint density at radius 3 is 2.27 bits per heavy atom. The summed E-state index contributed by atoms with van der Waals surface area (Å²) in [5.41, 5.74) is 6.41. The number of piperazine rings is 1. The van der Waals surface area contributed by atoms with E-state index < -0.39 is 6.04 Å². The summed E-state index contributed by atoms with van der Waals surface area (Å²) in [5, 5.41) is 5.63. The third kappa shape index (κ3) is 7.47. The number of methoxy groups -OCH3 is 2. The second-order valence-electron chi connectivity index (χ2n) is 14.2. The van der Waals surface area contributed by atoms with Gasteiger partial charge in [0, 0.05) is 81.0 Å². The minimum atomic E-state index is -0.394.